The summed E-state index contributed by atoms with van der Waals surface area (Å²) in [6.45, 7) is 5.93. The lowest BCUT2D eigenvalue weighted by Gasteiger charge is -2.19. The van der Waals surface area contributed by atoms with Gasteiger partial charge in [0, 0.05) is 20.1 Å². The number of nitrogens with one attached hydrogen (secondary N) is 1. The zero-order valence-corrected chi connectivity index (χ0v) is 11.9. The highest BCUT2D eigenvalue weighted by Crippen LogP contribution is 2.15. The first-order valence-corrected chi connectivity index (χ1v) is 6.66. The van der Waals surface area contributed by atoms with E-state index in [1.807, 2.05) is 18.2 Å². The van der Waals surface area contributed by atoms with Crippen molar-refractivity contribution >= 4 is 11.6 Å². The molecule has 1 heterocycles. The van der Waals surface area contributed by atoms with Gasteiger partial charge in [0.2, 0.25) is 0 Å². The number of nitrogens with zero attached hydrogens (tertiary/aromatic N) is 2. The topological polar surface area (TPSA) is 28.2 Å². The van der Waals surface area contributed by atoms with Crippen molar-refractivity contribution in [1.29, 1.82) is 0 Å². The van der Waals surface area contributed by atoms with Gasteiger partial charge in [-0.1, -0.05) is 35.9 Å². The van der Waals surface area contributed by atoms with Crippen LogP contribution in [0.25, 0.3) is 0 Å². The normalized spacial score (nSPS) is 10.3. The van der Waals surface area contributed by atoms with E-state index < -0.39 is 0 Å². The first-order valence-electron chi connectivity index (χ1n) is 6.66. The summed E-state index contributed by atoms with van der Waals surface area (Å²) in [5.41, 5.74) is 2.59. The molecule has 1 aromatic carbocycles. The molecular formula is C16H21N3. The van der Waals surface area contributed by atoms with Crippen molar-refractivity contribution in [3.63, 3.8) is 0 Å². The molecule has 3 nitrogen and oxygen atoms in total. The maximum absolute atomic E-state index is 4.59. The van der Waals surface area contributed by atoms with Crippen molar-refractivity contribution in [2.75, 3.05) is 23.8 Å². The summed E-state index contributed by atoms with van der Waals surface area (Å²) in [6, 6.07) is 14.7. The molecule has 0 saturated heterocycles. The fourth-order valence-electron chi connectivity index (χ4n) is 1.96. The van der Waals surface area contributed by atoms with Gasteiger partial charge in [-0.3, -0.25) is 0 Å². The van der Waals surface area contributed by atoms with Crippen LogP contribution < -0.4 is 10.2 Å². The predicted molar refractivity (Wildman–Crippen MR) is 81.7 cm³/mol. The van der Waals surface area contributed by atoms with Crippen LogP contribution in [0.5, 0.6) is 0 Å². The first kappa shape index (κ1) is 13.4. The highest BCUT2D eigenvalue weighted by atomic mass is 15.2. The molecule has 0 spiro atoms. The zero-order valence-electron chi connectivity index (χ0n) is 11.9. The Bertz CT molecular complexity index is 520. The van der Waals surface area contributed by atoms with Gasteiger partial charge in [0.1, 0.15) is 11.6 Å². The van der Waals surface area contributed by atoms with Crippen LogP contribution in [0.15, 0.2) is 42.5 Å². The summed E-state index contributed by atoms with van der Waals surface area (Å²) in [5.74, 6) is 1.91. The number of pyridine rings is 1. The summed E-state index contributed by atoms with van der Waals surface area (Å²) >= 11 is 0. The molecule has 0 aliphatic carbocycles. The number of anilines is 2. The minimum atomic E-state index is 0.864. The minimum absolute atomic E-state index is 0.864. The third-order valence-corrected chi connectivity index (χ3v) is 3.02. The highest BCUT2D eigenvalue weighted by Gasteiger charge is 2.04. The molecule has 2 aromatic rings. The zero-order chi connectivity index (χ0) is 13.7. The van der Waals surface area contributed by atoms with Crippen LogP contribution in [0.1, 0.15) is 18.1 Å². The Labute approximate surface area is 115 Å². The molecule has 3 heteroatoms. The van der Waals surface area contributed by atoms with Crippen molar-refractivity contribution in [1.82, 2.24) is 4.98 Å². The van der Waals surface area contributed by atoms with E-state index in [1.54, 1.807) is 0 Å². The van der Waals surface area contributed by atoms with E-state index in [0.717, 1.165) is 24.7 Å². The van der Waals surface area contributed by atoms with Crippen LogP contribution in [0, 0.1) is 6.92 Å². The van der Waals surface area contributed by atoms with E-state index >= 15 is 0 Å². The molecule has 0 aliphatic heterocycles. The fraction of sp³-hybridized carbons (Fsp3) is 0.312. The molecule has 1 aromatic heterocycles. The van der Waals surface area contributed by atoms with Crippen LogP contribution in [0.4, 0.5) is 11.6 Å². The lowest BCUT2D eigenvalue weighted by Crippen LogP contribution is -2.18. The number of hydrogen-bond donors (Lipinski definition) is 1. The third kappa shape index (κ3) is 3.71. The van der Waals surface area contributed by atoms with Crippen LogP contribution in [-0.2, 0) is 6.54 Å². The van der Waals surface area contributed by atoms with E-state index in [-0.39, 0.29) is 0 Å². The van der Waals surface area contributed by atoms with Crippen molar-refractivity contribution < 1.29 is 0 Å². The van der Waals surface area contributed by atoms with E-state index in [2.05, 4.69) is 60.4 Å². The van der Waals surface area contributed by atoms with Crippen molar-refractivity contribution in [2.45, 2.75) is 20.4 Å². The summed E-state index contributed by atoms with van der Waals surface area (Å²) in [6.07, 6.45) is 0. The Morgan fingerprint density at radius 1 is 1.11 bits per heavy atom. The molecule has 2 rings (SSSR count). The van der Waals surface area contributed by atoms with Gasteiger partial charge in [-0.05, 0) is 31.5 Å². The average Bonchev–Trinajstić information content (AvgIpc) is 2.42. The molecule has 0 amide bonds. The Morgan fingerprint density at radius 3 is 2.53 bits per heavy atom. The molecular weight excluding hydrogens is 234 g/mol. The van der Waals surface area contributed by atoms with Gasteiger partial charge in [-0.15, -0.1) is 0 Å². The summed E-state index contributed by atoms with van der Waals surface area (Å²) in [4.78, 5) is 6.75. The summed E-state index contributed by atoms with van der Waals surface area (Å²) in [5, 5.41) is 3.24. The van der Waals surface area contributed by atoms with E-state index in [1.165, 1.54) is 11.1 Å². The third-order valence-electron chi connectivity index (χ3n) is 3.02. The lowest BCUT2D eigenvalue weighted by atomic mass is 10.1. The minimum Gasteiger partial charge on any atom is -0.370 e. The summed E-state index contributed by atoms with van der Waals surface area (Å²) < 4.78 is 0. The van der Waals surface area contributed by atoms with E-state index in [9.17, 15) is 0 Å². The molecule has 19 heavy (non-hydrogen) atoms. The van der Waals surface area contributed by atoms with Gasteiger partial charge in [-0.2, -0.15) is 0 Å². The van der Waals surface area contributed by atoms with Crippen LogP contribution in [-0.4, -0.2) is 18.6 Å². The van der Waals surface area contributed by atoms with Crippen molar-refractivity contribution in [2.24, 2.45) is 0 Å². The summed E-state index contributed by atoms with van der Waals surface area (Å²) in [7, 11) is 2.07. The Hall–Kier alpha value is -2.03. The number of benzene rings is 1. The molecule has 0 unspecified atom stereocenters. The fourth-order valence-corrected chi connectivity index (χ4v) is 1.96. The SMILES string of the molecule is CCNc1cccc(N(C)Cc2ccc(C)cc2)n1. The molecule has 0 fully saturated rings. The van der Waals surface area contributed by atoms with Crippen molar-refractivity contribution in [3.8, 4) is 0 Å². The van der Waals surface area contributed by atoms with Gasteiger partial charge < -0.3 is 10.2 Å². The second kappa shape index (κ2) is 6.23. The second-order valence-corrected chi connectivity index (χ2v) is 4.75. The predicted octanol–water partition coefficient (Wildman–Crippen LogP) is 3.46. The maximum atomic E-state index is 4.59. The number of aromatic nitrogens is 1. The van der Waals surface area contributed by atoms with Crippen LogP contribution in [0.3, 0.4) is 0 Å². The monoisotopic (exact) mass is 255 g/mol. The number of aryl methyl sites for hydroxylation is 1. The number of hydrogen-bond acceptors (Lipinski definition) is 3. The molecule has 0 atom stereocenters. The Morgan fingerprint density at radius 2 is 1.84 bits per heavy atom. The van der Waals surface area contributed by atoms with E-state index in [0.29, 0.717) is 0 Å². The molecule has 1 N–H and O–H groups in total. The second-order valence-electron chi connectivity index (χ2n) is 4.75. The molecule has 100 valence electrons. The van der Waals surface area contributed by atoms with Gasteiger partial charge in [0.05, 0.1) is 0 Å². The molecule has 0 bridgehead atoms. The smallest absolute Gasteiger partial charge is 0.130 e. The molecule has 0 radical (unpaired) electrons. The first-order chi connectivity index (χ1) is 9.19. The quantitative estimate of drug-likeness (QED) is 0.887. The average molecular weight is 255 g/mol. The standard InChI is InChI=1S/C16H21N3/c1-4-17-15-6-5-7-16(18-15)19(3)12-14-10-8-13(2)9-11-14/h5-11H,4,12H2,1-3H3,(H,17,18). The molecule has 0 saturated carbocycles. The lowest BCUT2D eigenvalue weighted by molar-refractivity contribution is 0.897. The van der Waals surface area contributed by atoms with Gasteiger partial charge in [-0.25, -0.2) is 4.98 Å². The Balaban J connectivity index is 2.08. The molecule has 0 aliphatic rings. The van der Waals surface area contributed by atoms with Crippen molar-refractivity contribution in [3.05, 3.63) is 53.6 Å². The van der Waals surface area contributed by atoms with Gasteiger partial charge in [0.25, 0.3) is 0 Å². The van der Waals surface area contributed by atoms with E-state index in [4.69, 9.17) is 0 Å². The van der Waals surface area contributed by atoms with Crippen LogP contribution >= 0.6 is 0 Å². The Kier molecular flexibility index (Phi) is 4.39. The number of rotatable bonds is 5. The maximum Gasteiger partial charge on any atom is 0.130 e. The highest BCUT2D eigenvalue weighted by molar-refractivity contribution is 5.47. The van der Waals surface area contributed by atoms with Crippen LogP contribution in [0.2, 0.25) is 0 Å². The van der Waals surface area contributed by atoms with Gasteiger partial charge >= 0.3 is 0 Å². The van der Waals surface area contributed by atoms with Gasteiger partial charge in [0.15, 0.2) is 0 Å². The largest absolute Gasteiger partial charge is 0.370 e.